The monoisotopic (exact) mass is 421 g/mol. The van der Waals surface area contributed by atoms with Crippen molar-refractivity contribution in [3.63, 3.8) is 0 Å². The lowest BCUT2D eigenvalue weighted by Crippen LogP contribution is -2.31. The molecule has 0 spiro atoms. The first-order chi connectivity index (χ1) is 14.2. The first-order valence-electron chi connectivity index (χ1n) is 10.00. The van der Waals surface area contributed by atoms with E-state index in [2.05, 4.69) is 22.5 Å². The molecule has 3 rings (SSSR count). The van der Waals surface area contributed by atoms with E-state index in [1.807, 2.05) is 0 Å². The minimum absolute atomic E-state index is 0.0261. The van der Waals surface area contributed by atoms with Crippen LogP contribution in [0.5, 0.6) is 5.88 Å². The van der Waals surface area contributed by atoms with Crippen LogP contribution in [-0.2, 0) is 6.18 Å². The Labute approximate surface area is 174 Å². The van der Waals surface area contributed by atoms with E-state index in [1.54, 1.807) is 19.1 Å². The second-order valence-electron chi connectivity index (χ2n) is 7.71. The molecule has 1 aromatic carbocycles. The number of anilines is 2. The summed E-state index contributed by atoms with van der Waals surface area (Å²) in [5, 5.41) is 5.96. The first kappa shape index (κ1) is 21.9. The van der Waals surface area contributed by atoms with Crippen molar-refractivity contribution in [2.24, 2.45) is 5.92 Å². The van der Waals surface area contributed by atoms with E-state index in [1.165, 1.54) is 13.2 Å². The van der Waals surface area contributed by atoms with Crippen LogP contribution >= 0.6 is 0 Å². The molecule has 2 N–H and O–H groups in total. The van der Waals surface area contributed by atoms with E-state index in [-0.39, 0.29) is 17.3 Å². The quantitative estimate of drug-likeness (QED) is 0.654. The van der Waals surface area contributed by atoms with Gasteiger partial charge < -0.3 is 15.4 Å². The summed E-state index contributed by atoms with van der Waals surface area (Å²) in [5.74, 6) is 0.232. The number of nitrogens with zero attached hydrogens (tertiary/aromatic N) is 1. The number of aryl methyl sites for hydroxylation is 1. The largest absolute Gasteiger partial charge is 0.481 e. The van der Waals surface area contributed by atoms with E-state index in [4.69, 9.17) is 4.74 Å². The van der Waals surface area contributed by atoms with Gasteiger partial charge in [-0.05, 0) is 49.9 Å². The molecular weight excluding hydrogens is 395 g/mol. The lowest BCUT2D eigenvalue weighted by molar-refractivity contribution is -0.137. The van der Waals surface area contributed by atoms with Crippen molar-refractivity contribution in [2.75, 3.05) is 17.7 Å². The summed E-state index contributed by atoms with van der Waals surface area (Å²) in [4.78, 5) is 17.1. The van der Waals surface area contributed by atoms with Gasteiger partial charge in [-0.1, -0.05) is 19.8 Å². The van der Waals surface area contributed by atoms with Crippen LogP contribution in [0, 0.1) is 12.8 Å². The molecule has 0 saturated heterocycles. The van der Waals surface area contributed by atoms with Gasteiger partial charge in [-0.3, -0.25) is 4.79 Å². The van der Waals surface area contributed by atoms with Crippen LogP contribution in [0.25, 0.3) is 0 Å². The van der Waals surface area contributed by atoms with E-state index < -0.39 is 17.6 Å². The van der Waals surface area contributed by atoms with Gasteiger partial charge in [0.2, 0.25) is 5.88 Å². The average molecular weight is 421 g/mol. The molecule has 5 nitrogen and oxygen atoms in total. The number of ether oxygens (including phenoxy) is 1. The molecule has 1 fully saturated rings. The van der Waals surface area contributed by atoms with E-state index in [0.717, 1.165) is 37.8 Å². The van der Waals surface area contributed by atoms with Crippen molar-refractivity contribution in [1.29, 1.82) is 0 Å². The average Bonchev–Trinajstić information content (AvgIpc) is 2.70. The molecule has 1 saturated carbocycles. The lowest BCUT2D eigenvalue weighted by Gasteiger charge is -2.31. The predicted molar refractivity (Wildman–Crippen MR) is 110 cm³/mol. The molecule has 2 atom stereocenters. The number of aromatic nitrogens is 1. The SMILES string of the molecule is COc1ccc(NC(=O)c2ccc(C(F)(F)F)cc2N[C@@H]2CCCC[C@@H]2C)c(C)n1. The second-order valence-corrected chi connectivity index (χ2v) is 7.71. The fraction of sp³-hybridized carbons (Fsp3) is 0.455. The van der Waals surface area contributed by atoms with Gasteiger partial charge in [0.05, 0.1) is 29.6 Å². The molecule has 8 heteroatoms. The molecule has 2 aromatic rings. The van der Waals surface area contributed by atoms with E-state index in [0.29, 0.717) is 23.2 Å². The van der Waals surface area contributed by atoms with Crippen molar-refractivity contribution in [1.82, 2.24) is 4.98 Å². The van der Waals surface area contributed by atoms with E-state index in [9.17, 15) is 18.0 Å². The molecular formula is C22H26F3N3O2. The van der Waals surface area contributed by atoms with Crippen LogP contribution in [0.2, 0.25) is 0 Å². The number of halogens is 3. The van der Waals surface area contributed by atoms with Gasteiger partial charge in [0.15, 0.2) is 0 Å². The number of rotatable bonds is 5. The Morgan fingerprint density at radius 1 is 1.13 bits per heavy atom. The molecule has 1 heterocycles. The van der Waals surface area contributed by atoms with Crippen LogP contribution in [0.15, 0.2) is 30.3 Å². The number of carbonyl (C=O) groups excluding carboxylic acids is 1. The number of methoxy groups -OCH3 is 1. The zero-order chi connectivity index (χ0) is 21.9. The molecule has 162 valence electrons. The smallest absolute Gasteiger partial charge is 0.416 e. The molecule has 1 aliphatic carbocycles. The zero-order valence-electron chi connectivity index (χ0n) is 17.3. The summed E-state index contributed by atoms with van der Waals surface area (Å²) >= 11 is 0. The first-order valence-corrected chi connectivity index (χ1v) is 10.00. The fourth-order valence-electron chi connectivity index (χ4n) is 3.74. The Morgan fingerprint density at radius 3 is 2.50 bits per heavy atom. The summed E-state index contributed by atoms with van der Waals surface area (Å²) in [6, 6.07) is 6.47. The molecule has 0 unspecified atom stereocenters. The number of benzene rings is 1. The molecule has 1 amide bonds. The van der Waals surface area contributed by atoms with Crippen molar-refractivity contribution in [3.05, 3.63) is 47.2 Å². The standard InChI is InChI=1S/C22H26F3N3O2/c1-13-6-4-5-7-17(13)27-19-12-15(22(23,24)25)8-9-16(19)21(29)28-18-10-11-20(30-3)26-14(18)2/h8-13,17,27H,4-7H2,1-3H3,(H,28,29)/t13-,17+/m0/s1. The summed E-state index contributed by atoms with van der Waals surface area (Å²) in [5.41, 5.74) is 0.589. The third-order valence-corrected chi connectivity index (χ3v) is 5.56. The van der Waals surface area contributed by atoms with Crippen molar-refractivity contribution in [2.45, 2.75) is 51.7 Å². The number of alkyl halides is 3. The highest BCUT2D eigenvalue weighted by Gasteiger charge is 2.32. The van der Waals surface area contributed by atoms with Gasteiger partial charge in [-0.15, -0.1) is 0 Å². The number of pyridine rings is 1. The Balaban J connectivity index is 1.91. The van der Waals surface area contributed by atoms with E-state index >= 15 is 0 Å². The van der Waals surface area contributed by atoms with Crippen LogP contribution in [0.4, 0.5) is 24.5 Å². The van der Waals surface area contributed by atoms with Gasteiger partial charge in [0, 0.05) is 17.8 Å². The van der Waals surface area contributed by atoms with Gasteiger partial charge in [0.25, 0.3) is 5.91 Å². The molecule has 30 heavy (non-hydrogen) atoms. The summed E-state index contributed by atoms with van der Waals surface area (Å²) in [7, 11) is 1.49. The van der Waals surface area contributed by atoms with Crippen molar-refractivity contribution in [3.8, 4) is 5.88 Å². The third-order valence-electron chi connectivity index (χ3n) is 5.56. The normalized spacial score (nSPS) is 19.3. The lowest BCUT2D eigenvalue weighted by atomic mass is 9.85. The highest BCUT2D eigenvalue weighted by Crippen LogP contribution is 2.34. The molecule has 1 aliphatic rings. The number of hydrogen-bond donors (Lipinski definition) is 2. The highest BCUT2D eigenvalue weighted by molar-refractivity contribution is 6.08. The predicted octanol–water partition coefficient (Wildman–Crippen LogP) is 5.66. The topological polar surface area (TPSA) is 63.2 Å². The number of amides is 1. The molecule has 0 aliphatic heterocycles. The summed E-state index contributed by atoms with van der Waals surface area (Å²) in [6.45, 7) is 3.80. The fourth-order valence-corrected chi connectivity index (χ4v) is 3.74. The minimum atomic E-state index is -4.49. The summed E-state index contributed by atoms with van der Waals surface area (Å²) in [6.07, 6.45) is -0.493. The van der Waals surface area contributed by atoms with Crippen LogP contribution in [0.3, 0.4) is 0 Å². The highest BCUT2D eigenvalue weighted by atomic mass is 19.4. The Hall–Kier alpha value is -2.77. The molecule has 0 radical (unpaired) electrons. The molecule has 1 aromatic heterocycles. The Morgan fingerprint density at radius 2 is 1.87 bits per heavy atom. The second kappa shape index (κ2) is 8.93. The maximum absolute atomic E-state index is 13.3. The maximum atomic E-state index is 13.3. The third kappa shape index (κ3) is 5.04. The van der Waals surface area contributed by atoms with Gasteiger partial charge in [0.1, 0.15) is 0 Å². The Bertz CT molecular complexity index is 915. The molecule has 0 bridgehead atoms. The Kier molecular flexibility index (Phi) is 6.53. The van der Waals surface area contributed by atoms with Crippen LogP contribution in [-0.4, -0.2) is 24.0 Å². The van der Waals surface area contributed by atoms with Crippen molar-refractivity contribution < 1.29 is 22.7 Å². The van der Waals surface area contributed by atoms with Gasteiger partial charge in [-0.2, -0.15) is 13.2 Å². The van der Waals surface area contributed by atoms with Gasteiger partial charge >= 0.3 is 6.18 Å². The minimum Gasteiger partial charge on any atom is -0.481 e. The van der Waals surface area contributed by atoms with Gasteiger partial charge in [-0.25, -0.2) is 4.98 Å². The maximum Gasteiger partial charge on any atom is 0.416 e. The van der Waals surface area contributed by atoms with Crippen molar-refractivity contribution >= 4 is 17.3 Å². The number of carbonyl (C=O) groups is 1. The van der Waals surface area contributed by atoms with Crippen LogP contribution < -0.4 is 15.4 Å². The number of hydrogen-bond acceptors (Lipinski definition) is 4. The number of nitrogens with one attached hydrogen (secondary N) is 2. The zero-order valence-corrected chi connectivity index (χ0v) is 17.3. The summed E-state index contributed by atoms with van der Waals surface area (Å²) < 4.78 is 44.9. The van der Waals surface area contributed by atoms with Crippen LogP contribution in [0.1, 0.15) is 54.2 Å².